The highest BCUT2D eigenvalue weighted by Crippen LogP contribution is 2.20. The molecular weight excluding hydrogens is 245 g/mol. The Labute approximate surface area is 113 Å². The summed E-state index contributed by atoms with van der Waals surface area (Å²) in [5, 5.41) is 15.1. The lowest BCUT2D eigenvalue weighted by Crippen LogP contribution is -2.35. The minimum absolute atomic E-state index is 0.128. The topological polar surface area (TPSA) is 70.6 Å². The van der Waals surface area contributed by atoms with Crippen molar-refractivity contribution in [1.82, 2.24) is 5.32 Å². The monoisotopic (exact) mass is 267 g/mol. The molecule has 5 heteroatoms. The van der Waals surface area contributed by atoms with Gasteiger partial charge in [0.15, 0.2) is 0 Å². The van der Waals surface area contributed by atoms with Crippen molar-refractivity contribution in [2.45, 2.75) is 33.2 Å². The molecule has 0 aromatic heterocycles. The van der Waals surface area contributed by atoms with Crippen LogP contribution in [0.1, 0.15) is 38.8 Å². The third-order valence-electron chi connectivity index (χ3n) is 3.37. The van der Waals surface area contributed by atoms with Gasteiger partial charge < -0.3 is 16.3 Å². The molecule has 0 fully saturated rings. The van der Waals surface area contributed by atoms with E-state index < -0.39 is 0 Å². The maximum atomic E-state index is 12.8. The first-order valence-corrected chi connectivity index (χ1v) is 6.33. The van der Waals surface area contributed by atoms with Gasteiger partial charge in [0, 0.05) is 11.5 Å². The molecule has 0 heterocycles. The molecular formula is C14H22FN3O. The summed E-state index contributed by atoms with van der Waals surface area (Å²) >= 11 is 0. The number of benzene rings is 1. The van der Waals surface area contributed by atoms with E-state index >= 15 is 0 Å². The summed E-state index contributed by atoms with van der Waals surface area (Å²) in [7, 11) is 0. The van der Waals surface area contributed by atoms with Crippen molar-refractivity contribution in [2.75, 3.05) is 6.54 Å². The SMILES string of the molecule is CC(NCCC(C)(C)C(N)=NO)c1ccc(F)cc1. The van der Waals surface area contributed by atoms with Crippen molar-refractivity contribution >= 4 is 5.84 Å². The standard InChI is InChI=1S/C14H22FN3O/c1-10(11-4-6-12(15)7-5-11)17-9-8-14(2,3)13(16)18-19/h4-7,10,17,19H,8-9H2,1-3H3,(H2,16,18). The van der Waals surface area contributed by atoms with Crippen molar-refractivity contribution in [2.24, 2.45) is 16.3 Å². The van der Waals surface area contributed by atoms with Gasteiger partial charge in [-0.25, -0.2) is 4.39 Å². The van der Waals surface area contributed by atoms with Crippen LogP contribution < -0.4 is 11.1 Å². The molecule has 0 aliphatic heterocycles. The Morgan fingerprint density at radius 3 is 2.53 bits per heavy atom. The van der Waals surface area contributed by atoms with E-state index in [1.165, 1.54) is 12.1 Å². The Hall–Kier alpha value is -1.62. The van der Waals surface area contributed by atoms with E-state index in [-0.39, 0.29) is 23.1 Å². The fourth-order valence-corrected chi connectivity index (χ4v) is 1.73. The molecule has 0 aliphatic carbocycles. The van der Waals surface area contributed by atoms with E-state index in [2.05, 4.69) is 10.5 Å². The molecule has 0 bridgehead atoms. The summed E-state index contributed by atoms with van der Waals surface area (Å²) in [5.74, 6) is -0.00671. The highest BCUT2D eigenvalue weighted by molar-refractivity contribution is 5.85. The molecule has 4 nitrogen and oxygen atoms in total. The average molecular weight is 267 g/mol. The normalized spacial score (nSPS) is 14.4. The fourth-order valence-electron chi connectivity index (χ4n) is 1.73. The summed E-state index contributed by atoms with van der Waals surface area (Å²) in [6, 6.07) is 6.56. The van der Waals surface area contributed by atoms with Gasteiger partial charge in [0.2, 0.25) is 0 Å². The second kappa shape index (κ2) is 6.52. The number of halogens is 1. The number of rotatable bonds is 6. The number of amidine groups is 1. The third kappa shape index (κ3) is 4.52. The molecule has 19 heavy (non-hydrogen) atoms. The average Bonchev–Trinajstić information content (AvgIpc) is 2.38. The molecule has 0 saturated carbocycles. The Morgan fingerprint density at radius 1 is 1.42 bits per heavy atom. The van der Waals surface area contributed by atoms with Gasteiger partial charge in [0.05, 0.1) is 0 Å². The summed E-state index contributed by atoms with van der Waals surface area (Å²) in [5.41, 5.74) is 6.30. The lowest BCUT2D eigenvalue weighted by molar-refractivity contribution is 0.304. The Kier molecular flexibility index (Phi) is 5.30. The van der Waals surface area contributed by atoms with E-state index in [0.717, 1.165) is 18.5 Å². The number of hydrogen-bond acceptors (Lipinski definition) is 3. The summed E-state index contributed by atoms with van der Waals surface area (Å²) < 4.78 is 12.8. The van der Waals surface area contributed by atoms with E-state index in [0.29, 0.717) is 0 Å². The smallest absolute Gasteiger partial charge is 0.144 e. The molecule has 0 radical (unpaired) electrons. The van der Waals surface area contributed by atoms with Crippen LogP contribution >= 0.6 is 0 Å². The van der Waals surface area contributed by atoms with E-state index in [9.17, 15) is 4.39 Å². The van der Waals surface area contributed by atoms with Crippen LogP contribution in [0.3, 0.4) is 0 Å². The van der Waals surface area contributed by atoms with Crippen molar-refractivity contribution in [3.05, 3.63) is 35.6 Å². The van der Waals surface area contributed by atoms with Gasteiger partial charge in [0.25, 0.3) is 0 Å². The molecule has 1 aromatic carbocycles. The number of oxime groups is 1. The van der Waals surface area contributed by atoms with Gasteiger partial charge >= 0.3 is 0 Å². The quantitative estimate of drug-likeness (QED) is 0.321. The Bertz CT molecular complexity index is 429. The summed E-state index contributed by atoms with van der Waals surface area (Å²) in [6.45, 7) is 6.59. The van der Waals surface area contributed by atoms with E-state index in [1.807, 2.05) is 20.8 Å². The number of nitrogens with two attached hydrogens (primary N) is 1. The molecule has 1 atom stereocenters. The number of nitrogens with zero attached hydrogens (tertiary/aromatic N) is 1. The summed E-state index contributed by atoms with van der Waals surface area (Å²) in [4.78, 5) is 0. The molecule has 0 amide bonds. The van der Waals surface area contributed by atoms with E-state index in [4.69, 9.17) is 10.9 Å². The van der Waals surface area contributed by atoms with Crippen LogP contribution in [0.2, 0.25) is 0 Å². The molecule has 0 saturated heterocycles. The summed E-state index contributed by atoms with van der Waals surface area (Å²) in [6.07, 6.45) is 0.744. The highest BCUT2D eigenvalue weighted by atomic mass is 19.1. The van der Waals surface area contributed by atoms with Crippen LogP contribution in [0, 0.1) is 11.2 Å². The Morgan fingerprint density at radius 2 is 2.00 bits per heavy atom. The first-order valence-electron chi connectivity index (χ1n) is 6.33. The molecule has 106 valence electrons. The fraction of sp³-hybridized carbons (Fsp3) is 0.500. The molecule has 0 aliphatic rings. The van der Waals surface area contributed by atoms with Gasteiger partial charge in [0.1, 0.15) is 11.7 Å². The van der Waals surface area contributed by atoms with Gasteiger partial charge in [-0.1, -0.05) is 31.1 Å². The first kappa shape index (κ1) is 15.4. The number of hydrogen-bond donors (Lipinski definition) is 3. The third-order valence-corrected chi connectivity index (χ3v) is 3.37. The highest BCUT2D eigenvalue weighted by Gasteiger charge is 2.23. The largest absolute Gasteiger partial charge is 0.409 e. The van der Waals surface area contributed by atoms with Crippen LogP contribution in [0.25, 0.3) is 0 Å². The molecule has 1 unspecified atom stereocenters. The minimum Gasteiger partial charge on any atom is -0.409 e. The van der Waals surface area contributed by atoms with Crippen LogP contribution in [0.15, 0.2) is 29.4 Å². The predicted octanol–water partition coefficient (Wildman–Crippen LogP) is 2.64. The molecule has 1 aromatic rings. The van der Waals surface area contributed by atoms with Crippen molar-refractivity contribution in [3.63, 3.8) is 0 Å². The zero-order valence-electron chi connectivity index (χ0n) is 11.7. The van der Waals surface area contributed by atoms with Crippen LogP contribution in [0.5, 0.6) is 0 Å². The first-order chi connectivity index (χ1) is 8.86. The lowest BCUT2D eigenvalue weighted by atomic mass is 9.88. The van der Waals surface area contributed by atoms with Gasteiger partial charge in [-0.05, 0) is 37.6 Å². The molecule has 0 spiro atoms. The Balaban J connectivity index is 2.47. The molecule has 4 N–H and O–H groups in total. The van der Waals surface area contributed by atoms with Crippen molar-refractivity contribution in [3.8, 4) is 0 Å². The predicted molar refractivity (Wildman–Crippen MR) is 74.6 cm³/mol. The van der Waals surface area contributed by atoms with Gasteiger partial charge in [-0.2, -0.15) is 0 Å². The zero-order valence-corrected chi connectivity index (χ0v) is 11.7. The maximum absolute atomic E-state index is 12.8. The second-order valence-electron chi connectivity index (χ2n) is 5.35. The second-order valence-corrected chi connectivity index (χ2v) is 5.35. The van der Waals surface area contributed by atoms with E-state index in [1.54, 1.807) is 12.1 Å². The van der Waals surface area contributed by atoms with Crippen LogP contribution in [-0.2, 0) is 0 Å². The van der Waals surface area contributed by atoms with Crippen LogP contribution in [0.4, 0.5) is 4.39 Å². The minimum atomic E-state index is -0.357. The molecule has 1 rings (SSSR count). The van der Waals surface area contributed by atoms with Gasteiger partial charge in [-0.3, -0.25) is 0 Å². The van der Waals surface area contributed by atoms with Crippen LogP contribution in [-0.4, -0.2) is 17.6 Å². The maximum Gasteiger partial charge on any atom is 0.144 e. The van der Waals surface area contributed by atoms with Gasteiger partial charge in [-0.15, -0.1) is 0 Å². The number of nitrogens with one attached hydrogen (secondary N) is 1. The van der Waals surface area contributed by atoms with Crippen molar-refractivity contribution < 1.29 is 9.60 Å². The lowest BCUT2D eigenvalue weighted by Gasteiger charge is -2.24. The van der Waals surface area contributed by atoms with Crippen molar-refractivity contribution in [1.29, 1.82) is 0 Å². The zero-order chi connectivity index (χ0) is 14.5.